The largest absolute Gasteiger partial charge is 0.503 e. The summed E-state index contributed by atoms with van der Waals surface area (Å²) in [6.45, 7) is 0. The fourth-order valence-electron chi connectivity index (χ4n) is 3.68. The van der Waals surface area contributed by atoms with Crippen molar-refractivity contribution in [2.24, 2.45) is 0 Å². The molecule has 4 aromatic rings. The van der Waals surface area contributed by atoms with Crippen molar-refractivity contribution >= 4 is 51.3 Å². The Morgan fingerprint density at radius 3 is 2.61 bits per heavy atom. The molecule has 2 aromatic carbocycles. The average molecular weight is 454 g/mol. The van der Waals surface area contributed by atoms with E-state index in [1.165, 1.54) is 46.6 Å². The number of amides is 1. The molecule has 1 aliphatic heterocycles. The molecule has 1 N–H and O–H groups in total. The van der Waals surface area contributed by atoms with Gasteiger partial charge < -0.3 is 9.52 Å². The molecule has 31 heavy (non-hydrogen) atoms. The molecular formula is C23H13ClFNO4S. The maximum Gasteiger partial charge on any atom is 0.294 e. The van der Waals surface area contributed by atoms with E-state index in [0.717, 1.165) is 0 Å². The molecular weight excluding hydrogens is 441 g/mol. The maximum atomic E-state index is 13.4. The molecule has 2 aromatic heterocycles. The van der Waals surface area contributed by atoms with Crippen LogP contribution >= 0.6 is 22.9 Å². The number of furan rings is 1. The van der Waals surface area contributed by atoms with E-state index in [4.69, 9.17) is 16.0 Å². The van der Waals surface area contributed by atoms with Gasteiger partial charge in [-0.2, -0.15) is 0 Å². The Hall–Kier alpha value is -3.42. The van der Waals surface area contributed by atoms with Gasteiger partial charge in [-0.1, -0.05) is 17.7 Å². The number of aliphatic hydroxyl groups is 1. The third-order valence-corrected chi connectivity index (χ3v) is 6.23. The highest BCUT2D eigenvalue weighted by molar-refractivity contribution is 7.10. The van der Waals surface area contributed by atoms with Gasteiger partial charge in [-0.3, -0.25) is 14.5 Å². The predicted molar refractivity (Wildman–Crippen MR) is 116 cm³/mol. The van der Waals surface area contributed by atoms with E-state index in [-0.39, 0.29) is 11.3 Å². The van der Waals surface area contributed by atoms with Gasteiger partial charge in [-0.25, -0.2) is 4.39 Å². The summed E-state index contributed by atoms with van der Waals surface area (Å²) in [5.41, 5.74) is 0.720. The molecule has 0 aliphatic carbocycles. The molecule has 0 bridgehead atoms. The number of halogens is 2. The number of ketones is 1. The number of aliphatic hydroxyl groups excluding tert-OH is 1. The number of rotatable bonds is 4. The van der Waals surface area contributed by atoms with Crippen LogP contribution in [0.15, 0.2) is 81.8 Å². The fourth-order valence-corrected chi connectivity index (χ4v) is 4.68. The standard InChI is InChI=1S/C23H13ClFNO4S/c24-13-3-8-16-12(10-13)11-17(30-16)21(27)19-20(18-2-1-9-31-18)26(23(29)22(19)28)15-6-4-14(25)5-7-15/h1-11,20,28H. The minimum atomic E-state index is -0.873. The van der Waals surface area contributed by atoms with Crippen molar-refractivity contribution in [1.29, 1.82) is 0 Å². The minimum absolute atomic E-state index is 0.0193. The van der Waals surface area contributed by atoms with Crippen LogP contribution in [0.2, 0.25) is 5.02 Å². The first-order chi connectivity index (χ1) is 14.9. The molecule has 5 nitrogen and oxygen atoms in total. The van der Waals surface area contributed by atoms with Crippen LogP contribution in [0.4, 0.5) is 10.1 Å². The molecule has 1 atom stereocenters. The number of hydrogen-bond acceptors (Lipinski definition) is 5. The molecule has 3 heterocycles. The van der Waals surface area contributed by atoms with Gasteiger partial charge in [0.15, 0.2) is 11.5 Å². The molecule has 0 saturated heterocycles. The highest BCUT2D eigenvalue weighted by Crippen LogP contribution is 2.43. The Labute approximate surface area is 184 Å². The van der Waals surface area contributed by atoms with Crippen LogP contribution in [0.5, 0.6) is 0 Å². The summed E-state index contributed by atoms with van der Waals surface area (Å²) in [7, 11) is 0. The third kappa shape index (κ3) is 3.22. The number of thiophene rings is 1. The molecule has 0 fully saturated rings. The Kier molecular flexibility index (Phi) is 4.64. The first kappa shape index (κ1) is 19.5. The number of carbonyl (C=O) groups excluding carboxylic acids is 2. The van der Waals surface area contributed by atoms with E-state index in [1.807, 2.05) is 5.38 Å². The SMILES string of the molecule is O=C(C1=C(O)C(=O)N(c2ccc(F)cc2)C1c1cccs1)c1cc2cc(Cl)ccc2o1. The van der Waals surface area contributed by atoms with Crippen molar-refractivity contribution in [3.05, 3.63) is 98.9 Å². The molecule has 0 spiro atoms. The van der Waals surface area contributed by atoms with Crippen LogP contribution in [0.1, 0.15) is 21.5 Å². The van der Waals surface area contributed by atoms with E-state index in [2.05, 4.69) is 0 Å². The number of benzene rings is 2. The van der Waals surface area contributed by atoms with Crippen LogP contribution in [0.25, 0.3) is 11.0 Å². The van der Waals surface area contributed by atoms with Crippen LogP contribution < -0.4 is 4.90 Å². The molecule has 1 amide bonds. The molecule has 5 rings (SSSR count). The lowest BCUT2D eigenvalue weighted by atomic mass is 10.00. The van der Waals surface area contributed by atoms with Crippen LogP contribution in [-0.2, 0) is 4.79 Å². The highest BCUT2D eigenvalue weighted by atomic mass is 35.5. The van der Waals surface area contributed by atoms with Gasteiger partial charge in [0.25, 0.3) is 5.91 Å². The summed E-state index contributed by atoms with van der Waals surface area (Å²) in [5, 5.41) is 13.6. The van der Waals surface area contributed by atoms with Crippen LogP contribution in [0, 0.1) is 5.82 Å². The number of Topliss-reactive ketones (excluding diaryl/α,β-unsaturated/α-hetero) is 1. The minimum Gasteiger partial charge on any atom is -0.503 e. The number of anilines is 1. The van der Waals surface area contributed by atoms with Crippen LogP contribution in [-0.4, -0.2) is 16.8 Å². The quantitative estimate of drug-likeness (QED) is 0.381. The topological polar surface area (TPSA) is 70.8 Å². The Bertz CT molecular complexity index is 1360. The summed E-state index contributed by atoms with van der Waals surface area (Å²) in [6.07, 6.45) is 0. The average Bonchev–Trinajstić information content (AvgIpc) is 3.47. The van der Waals surface area contributed by atoms with Gasteiger partial charge in [0.2, 0.25) is 5.78 Å². The highest BCUT2D eigenvalue weighted by Gasteiger charge is 2.45. The lowest BCUT2D eigenvalue weighted by Gasteiger charge is -2.25. The predicted octanol–water partition coefficient (Wildman–Crippen LogP) is 6.07. The normalized spacial score (nSPS) is 16.5. The lowest BCUT2D eigenvalue weighted by Crippen LogP contribution is -2.30. The van der Waals surface area contributed by atoms with Gasteiger partial charge >= 0.3 is 0 Å². The second kappa shape index (κ2) is 7.37. The Morgan fingerprint density at radius 2 is 1.90 bits per heavy atom. The van der Waals surface area contributed by atoms with Crippen molar-refractivity contribution in [1.82, 2.24) is 0 Å². The van der Waals surface area contributed by atoms with Gasteiger partial charge in [-0.15, -0.1) is 11.3 Å². The summed E-state index contributed by atoms with van der Waals surface area (Å²) < 4.78 is 19.1. The van der Waals surface area contributed by atoms with Gasteiger partial charge in [0.05, 0.1) is 5.57 Å². The number of carbonyl (C=O) groups is 2. The van der Waals surface area contributed by atoms with E-state index < -0.39 is 29.3 Å². The monoisotopic (exact) mass is 453 g/mol. The van der Waals surface area contributed by atoms with Crippen molar-refractivity contribution in [2.45, 2.75) is 6.04 Å². The molecule has 0 radical (unpaired) electrons. The van der Waals surface area contributed by atoms with Crippen molar-refractivity contribution in [3.63, 3.8) is 0 Å². The van der Waals surface area contributed by atoms with Crippen molar-refractivity contribution in [3.8, 4) is 0 Å². The summed E-state index contributed by atoms with van der Waals surface area (Å²) >= 11 is 7.35. The number of nitrogens with zero attached hydrogens (tertiary/aromatic N) is 1. The summed E-state index contributed by atoms with van der Waals surface area (Å²) in [6, 6.07) is 14.4. The molecule has 8 heteroatoms. The fraction of sp³-hybridized carbons (Fsp3) is 0.0435. The van der Waals surface area contributed by atoms with Gasteiger partial charge in [-0.05, 0) is 60.0 Å². The summed E-state index contributed by atoms with van der Waals surface area (Å²) in [5.74, 6) is -2.49. The zero-order valence-electron chi connectivity index (χ0n) is 15.7. The zero-order chi connectivity index (χ0) is 21.7. The maximum absolute atomic E-state index is 13.4. The number of fused-ring (bicyclic) bond motifs is 1. The van der Waals surface area contributed by atoms with Crippen molar-refractivity contribution in [2.75, 3.05) is 4.90 Å². The van der Waals surface area contributed by atoms with Crippen molar-refractivity contribution < 1.29 is 23.5 Å². The van der Waals surface area contributed by atoms with Crippen LogP contribution in [0.3, 0.4) is 0 Å². The van der Waals surface area contributed by atoms with E-state index in [1.54, 1.807) is 30.3 Å². The summed E-state index contributed by atoms with van der Waals surface area (Å²) in [4.78, 5) is 28.4. The molecule has 1 unspecified atom stereocenters. The first-order valence-electron chi connectivity index (χ1n) is 9.23. The Morgan fingerprint density at radius 1 is 1.13 bits per heavy atom. The Balaban J connectivity index is 1.63. The van der Waals surface area contributed by atoms with Gasteiger partial charge in [0, 0.05) is 21.0 Å². The van der Waals surface area contributed by atoms with E-state index in [0.29, 0.717) is 26.6 Å². The van der Waals surface area contributed by atoms with Gasteiger partial charge in [0.1, 0.15) is 17.4 Å². The van der Waals surface area contributed by atoms with E-state index in [9.17, 15) is 19.1 Å². The molecule has 154 valence electrons. The number of hydrogen-bond donors (Lipinski definition) is 1. The third-order valence-electron chi connectivity index (χ3n) is 5.07. The second-order valence-electron chi connectivity index (χ2n) is 6.95. The molecule has 1 aliphatic rings. The second-order valence-corrected chi connectivity index (χ2v) is 8.37. The smallest absolute Gasteiger partial charge is 0.294 e. The van der Waals surface area contributed by atoms with E-state index >= 15 is 0 Å². The zero-order valence-corrected chi connectivity index (χ0v) is 17.3. The first-order valence-corrected chi connectivity index (χ1v) is 10.5. The molecule has 0 saturated carbocycles. The lowest BCUT2D eigenvalue weighted by molar-refractivity contribution is -0.117.